The van der Waals surface area contributed by atoms with Gasteiger partial charge in [-0.2, -0.15) is 5.10 Å². The molecule has 1 heterocycles. The van der Waals surface area contributed by atoms with E-state index in [4.69, 9.17) is 0 Å². The Balaban J connectivity index is 1.85. The average Bonchev–Trinajstić information content (AvgIpc) is 2.98. The van der Waals surface area contributed by atoms with Gasteiger partial charge in [0.25, 0.3) is 5.91 Å². The van der Waals surface area contributed by atoms with E-state index in [1.807, 2.05) is 0 Å². The zero-order valence-electron chi connectivity index (χ0n) is 11.8. The first-order chi connectivity index (χ1) is 10.5. The van der Waals surface area contributed by atoms with E-state index in [1.165, 1.54) is 29.5 Å². The molecule has 0 atom stereocenters. The molecule has 0 bridgehead atoms. The second kappa shape index (κ2) is 7.46. The maximum atomic E-state index is 13.0. The third kappa shape index (κ3) is 4.78. The van der Waals surface area contributed by atoms with Gasteiger partial charge in [-0.3, -0.25) is 9.59 Å². The molecule has 2 aromatic rings. The molecule has 0 spiro atoms. The van der Waals surface area contributed by atoms with Crippen LogP contribution in [-0.4, -0.2) is 17.5 Å². The zero-order chi connectivity index (χ0) is 15.9. The molecular formula is C15H14FN3O2S. The number of nitrogens with zero attached hydrogens (tertiary/aromatic N) is 1. The molecular weight excluding hydrogens is 305 g/mol. The van der Waals surface area contributed by atoms with Crippen molar-refractivity contribution in [3.05, 3.63) is 52.5 Å². The van der Waals surface area contributed by atoms with E-state index in [-0.39, 0.29) is 18.2 Å². The second-order valence-corrected chi connectivity index (χ2v) is 5.45. The highest BCUT2D eigenvalue weighted by Crippen LogP contribution is 2.10. The van der Waals surface area contributed by atoms with Crippen molar-refractivity contribution < 1.29 is 14.0 Å². The number of hydrazone groups is 1. The van der Waals surface area contributed by atoms with Gasteiger partial charge >= 0.3 is 0 Å². The topological polar surface area (TPSA) is 70.6 Å². The fourth-order valence-electron chi connectivity index (χ4n) is 1.65. The van der Waals surface area contributed by atoms with Gasteiger partial charge in [-0.15, -0.1) is 11.3 Å². The number of rotatable bonds is 5. The van der Waals surface area contributed by atoms with Crippen molar-refractivity contribution >= 4 is 34.6 Å². The summed E-state index contributed by atoms with van der Waals surface area (Å²) in [5.74, 6) is -1.08. The monoisotopic (exact) mass is 319 g/mol. The van der Waals surface area contributed by atoms with Crippen LogP contribution in [0.2, 0.25) is 0 Å². The minimum absolute atomic E-state index is 0.00122. The molecule has 5 nitrogen and oxygen atoms in total. The summed E-state index contributed by atoms with van der Waals surface area (Å²) >= 11 is 1.30. The number of carbonyl (C=O) groups excluding carboxylic acids is 2. The van der Waals surface area contributed by atoms with Crippen LogP contribution in [0.25, 0.3) is 0 Å². The largest absolute Gasteiger partial charge is 0.326 e. The predicted molar refractivity (Wildman–Crippen MR) is 84.5 cm³/mol. The number of thiophene rings is 1. The third-order valence-corrected chi connectivity index (χ3v) is 3.49. The summed E-state index contributed by atoms with van der Waals surface area (Å²) in [5, 5.41) is 8.22. The van der Waals surface area contributed by atoms with E-state index in [9.17, 15) is 14.0 Å². The molecule has 114 valence electrons. The summed E-state index contributed by atoms with van der Waals surface area (Å²) in [5.41, 5.74) is 3.20. The number of benzene rings is 1. The second-order valence-electron chi connectivity index (χ2n) is 4.50. The Kier molecular flexibility index (Phi) is 5.37. The molecule has 7 heteroatoms. The quantitative estimate of drug-likeness (QED) is 0.657. The van der Waals surface area contributed by atoms with Crippen LogP contribution in [0.3, 0.4) is 0 Å². The number of amides is 2. The molecule has 2 N–H and O–H groups in total. The van der Waals surface area contributed by atoms with E-state index in [0.29, 0.717) is 16.3 Å². The van der Waals surface area contributed by atoms with E-state index in [1.54, 1.807) is 30.5 Å². The van der Waals surface area contributed by atoms with E-state index < -0.39 is 5.82 Å². The van der Waals surface area contributed by atoms with Crippen LogP contribution in [0.1, 0.15) is 23.0 Å². The first kappa shape index (κ1) is 15.8. The van der Waals surface area contributed by atoms with Gasteiger partial charge in [0.1, 0.15) is 5.82 Å². The van der Waals surface area contributed by atoms with Crippen LogP contribution >= 0.6 is 11.3 Å². The summed E-state index contributed by atoms with van der Waals surface area (Å²) in [6.45, 7) is 1.62. The van der Waals surface area contributed by atoms with Gasteiger partial charge in [0, 0.05) is 11.4 Å². The number of anilines is 1. The highest BCUT2D eigenvalue weighted by molar-refractivity contribution is 7.12. The lowest BCUT2D eigenvalue weighted by Crippen LogP contribution is -2.20. The third-order valence-electron chi connectivity index (χ3n) is 2.62. The predicted octanol–water partition coefficient (Wildman–Crippen LogP) is 3.02. The van der Waals surface area contributed by atoms with Gasteiger partial charge in [-0.05, 0) is 36.6 Å². The first-order valence-electron chi connectivity index (χ1n) is 6.47. The molecule has 0 saturated carbocycles. The van der Waals surface area contributed by atoms with Crippen molar-refractivity contribution in [2.45, 2.75) is 13.3 Å². The van der Waals surface area contributed by atoms with Crippen LogP contribution in [0.4, 0.5) is 10.1 Å². The smallest absolute Gasteiger partial charge is 0.281 e. The zero-order valence-corrected chi connectivity index (χ0v) is 12.6. The van der Waals surface area contributed by atoms with Crippen LogP contribution in [0.5, 0.6) is 0 Å². The van der Waals surface area contributed by atoms with Crippen LogP contribution in [0.15, 0.2) is 46.9 Å². The molecule has 0 radical (unpaired) electrons. The molecule has 0 saturated heterocycles. The number of halogens is 1. The highest BCUT2D eigenvalue weighted by Gasteiger charge is 2.07. The number of hydrogen-bond acceptors (Lipinski definition) is 4. The van der Waals surface area contributed by atoms with E-state index in [2.05, 4.69) is 15.8 Å². The van der Waals surface area contributed by atoms with Gasteiger partial charge < -0.3 is 5.32 Å². The van der Waals surface area contributed by atoms with Crippen LogP contribution in [0, 0.1) is 5.82 Å². The Hall–Kier alpha value is -2.54. The minimum Gasteiger partial charge on any atom is -0.326 e. The number of nitrogens with one attached hydrogen (secondary N) is 2. The van der Waals surface area contributed by atoms with Crippen molar-refractivity contribution in [2.24, 2.45) is 5.10 Å². The maximum Gasteiger partial charge on any atom is 0.281 e. The van der Waals surface area contributed by atoms with Crippen LogP contribution in [-0.2, 0) is 4.79 Å². The van der Waals surface area contributed by atoms with Crippen molar-refractivity contribution in [1.82, 2.24) is 5.43 Å². The SMILES string of the molecule is CC(CC(=O)Nc1cccc(F)c1)=NNC(=O)c1cccs1. The molecule has 0 unspecified atom stereocenters. The summed E-state index contributed by atoms with van der Waals surface area (Å²) in [7, 11) is 0. The van der Waals surface area contributed by atoms with Gasteiger partial charge in [0.05, 0.1) is 11.3 Å². The molecule has 0 aliphatic heterocycles. The maximum absolute atomic E-state index is 13.0. The molecule has 0 aliphatic rings. The standard InChI is InChI=1S/C15H14FN3O2S/c1-10(18-19-15(21)13-6-3-7-22-13)8-14(20)17-12-5-2-4-11(16)9-12/h2-7,9H,8H2,1H3,(H,17,20)(H,19,21). The summed E-state index contributed by atoms with van der Waals surface area (Å²) in [4.78, 5) is 24.0. The Labute approximate surface area is 130 Å². The van der Waals surface area contributed by atoms with Crippen molar-refractivity contribution in [1.29, 1.82) is 0 Å². The molecule has 1 aromatic carbocycles. The van der Waals surface area contributed by atoms with Gasteiger partial charge in [-0.25, -0.2) is 9.82 Å². The molecule has 2 rings (SSSR count). The summed E-state index contributed by atoms with van der Waals surface area (Å²) in [6.07, 6.45) is 0.00122. The van der Waals surface area contributed by atoms with Crippen molar-refractivity contribution in [3.63, 3.8) is 0 Å². The highest BCUT2D eigenvalue weighted by atomic mass is 32.1. The summed E-state index contributed by atoms with van der Waals surface area (Å²) < 4.78 is 13.0. The van der Waals surface area contributed by atoms with Gasteiger partial charge in [-0.1, -0.05) is 12.1 Å². The minimum atomic E-state index is -0.425. The normalized spacial score (nSPS) is 11.1. The summed E-state index contributed by atoms with van der Waals surface area (Å²) in [6, 6.07) is 9.06. The Morgan fingerprint density at radius 1 is 1.27 bits per heavy atom. The Bertz CT molecular complexity index is 699. The fourth-order valence-corrected chi connectivity index (χ4v) is 2.27. The first-order valence-corrected chi connectivity index (χ1v) is 7.35. The molecule has 0 aliphatic carbocycles. The van der Waals surface area contributed by atoms with Gasteiger partial charge in [0.15, 0.2) is 0 Å². The average molecular weight is 319 g/mol. The number of carbonyl (C=O) groups is 2. The Morgan fingerprint density at radius 2 is 2.09 bits per heavy atom. The lowest BCUT2D eigenvalue weighted by Gasteiger charge is -2.05. The lowest BCUT2D eigenvalue weighted by molar-refractivity contribution is -0.115. The fraction of sp³-hybridized carbons (Fsp3) is 0.133. The molecule has 1 aromatic heterocycles. The van der Waals surface area contributed by atoms with Crippen molar-refractivity contribution in [3.8, 4) is 0 Å². The van der Waals surface area contributed by atoms with E-state index in [0.717, 1.165) is 0 Å². The molecule has 0 fully saturated rings. The van der Waals surface area contributed by atoms with Crippen LogP contribution < -0.4 is 10.7 Å². The number of hydrogen-bond donors (Lipinski definition) is 2. The Morgan fingerprint density at radius 3 is 2.77 bits per heavy atom. The molecule has 2 amide bonds. The van der Waals surface area contributed by atoms with E-state index >= 15 is 0 Å². The lowest BCUT2D eigenvalue weighted by atomic mass is 10.2. The molecule has 22 heavy (non-hydrogen) atoms. The van der Waals surface area contributed by atoms with Crippen molar-refractivity contribution in [2.75, 3.05) is 5.32 Å². The van der Waals surface area contributed by atoms with Gasteiger partial charge in [0.2, 0.25) is 5.91 Å².